The van der Waals surface area contributed by atoms with E-state index in [0.29, 0.717) is 23.7 Å². The van der Waals surface area contributed by atoms with E-state index in [1.165, 1.54) is 39.2 Å². The molecule has 1 aliphatic heterocycles. The van der Waals surface area contributed by atoms with Crippen molar-refractivity contribution < 1.29 is 27.0 Å². The van der Waals surface area contributed by atoms with E-state index in [0.717, 1.165) is 13.1 Å². The molecule has 0 bridgehead atoms. The standard InChI is InChI=1S/C27H38N2.C10H13.Au/c1-18(2)22-11-9-12-23(19(3)4)26(22)28-15-16-29(17-28)27-24(20(5)6)13-10-14-25(27)21(7)8;1-10(2,3)9-7-5-4-6-8-9;/h9-14,18-21H,15-16H2,1-8H3;5-8H,1-3H3;/q;-1;. The molecule has 0 spiro atoms. The first-order valence-corrected chi connectivity index (χ1v) is 14.9. The van der Waals surface area contributed by atoms with Gasteiger partial charge in [-0.25, -0.2) is 0 Å². The summed E-state index contributed by atoms with van der Waals surface area (Å²) in [6.45, 7) is 26.9. The van der Waals surface area contributed by atoms with Crippen LogP contribution in [0.4, 0.5) is 11.4 Å². The molecule has 0 saturated heterocycles. The summed E-state index contributed by atoms with van der Waals surface area (Å²) in [5.74, 6) is 1.98. The Hall–Kier alpha value is -2.13. The van der Waals surface area contributed by atoms with Gasteiger partial charge in [-0.05, 0) is 29.1 Å². The zero-order valence-corrected chi connectivity index (χ0v) is 28.9. The van der Waals surface area contributed by atoms with E-state index < -0.39 is 0 Å². The fraction of sp³-hybridized carbons (Fsp3) is 0.486. The van der Waals surface area contributed by atoms with Crippen LogP contribution in [0.5, 0.6) is 0 Å². The third-order valence-electron chi connectivity index (χ3n) is 7.60. The fourth-order valence-corrected chi connectivity index (χ4v) is 5.30. The molecule has 0 unspecified atom stereocenters. The van der Waals surface area contributed by atoms with Crippen molar-refractivity contribution in [1.29, 1.82) is 0 Å². The second-order valence-corrected chi connectivity index (χ2v) is 13.1. The number of hydrogen-bond acceptors (Lipinski definition) is 1. The summed E-state index contributed by atoms with van der Waals surface area (Å²) in [7, 11) is 0. The van der Waals surface area contributed by atoms with Gasteiger partial charge in [0.2, 0.25) is 6.34 Å². The van der Waals surface area contributed by atoms with Crippen molar-refractivity contribution in [3.8, 4) is 0 Å². The molecule has 1 radical (unpaired) electrons. The molecule has 221 valence electrons. The van der Waals surface area contributed by atoms with Crippen molar-refractivity contribution in [2.24, 2.45) is 0 Å². The third-order valence-corrected chi connectivity index (χ3v) is 7.60. The minimum Gasteiger partial charge on any atom is -0.333 e. The topological polar surface area (TPSA) is 6.25 Å². The zero-order chi connectivity index (χ0) is 28.9. The number of anilines is 1. The van der Waals surface area contributed by atoms with Crippen LogP contribution in [-0.4, -0.2) is 24.0 Å². The summed E-state index contributed by atoms with van der Waals surface area (Å²) in [4.78, 5) is 2.38. The van der Waals surface area contributed by atoms with Gasteiger partial charge in [-0.15, -0.1) is 0 Å². The van der Waals surface area contributed by atoms with Gasteiger partial charge in [0.1, 0.15) is 13.1 Å². The molecule has 0 aliphatic carbocycles. The van der Waals surface area contributed by atoms with E-state index in [1.54, 1.807) is 0 Å². The van der Waals surface area contributed by atoms with E-state index in [-0.39, 0.29) is 27.8 Å². The van der Waals surface area contributed by atoms with Crippen molar-refractivity contribution in [3.05, 3.63) is 94.5 Å². The summed E-state index contributed by atoms with van der Waals surface area (Å²) in [6, 6.07) is 24.7. The predicted octanol–water partition coefficient (Wildman–Crippen LogP) is 10.0. The number of rotatable bonds is 6. The van der Waals surface area contributed by atoms with E-state index in [1.807, 2.05) is 12.1 Å². The van der Waals surface area contributed by atoms with Gasteiger partial charge in [-0.1, -0.05) is 135 Å². The molecular formula is C37H51AuN2-. The first kappa shape index (κ1) is 34.1. The summed E-state index contributed by atoms with van der Waals surface area (Å²) < 4.78 is 2.38. The maximum Gasteiger partial charge on any atom is 0.206 e. The van der Waals surface area contributed by atoms with Crippen molar-refractivity contribution in [1.82, 2.24) is 0 Å². The van der Waals surface area contributed by atoms with Gasteiger partial charge in [0, 0.05) is 33.8 Å². The Labute approximate surface area is 261 Å². The quantitative estimate of drug-likeness (QED) is 0.140. The van der Waals surface area contributed by atoms with E-state index >= 15 is 0 Å². The first-order chi connectivity index (χ1) is 18.3. The van der Waals surface area contributed by atoms with Crippen LogP contribution in [0.25, 0.3) is 0 Å². The second kappa shape index (κ2) is 14.7. The van der Waals surface area contributed by atoms with E-state index in [2.05, 4.69) is 147 Å². The van der Waals surface area contributed by atoms with Crippen molar-refractivity contribution in [2.75, 3.05) is 18.0 Å². The smallest absolute Gasteiger partial charge is 0.206 e. The minimum absolute atomic E-state index is 0. The molecule has 3 heteroatoms. The van der Waals surface area contributed by atoms with Crippen LogP contribution in [0.1, 0.15) is 128 Å². The van der Waals surface area contributed by atoms with Crippen molar-refractivity contribution >= 4 is 17.7 Å². The van der Waals surface area contributed by atoms with Gasteiger partial charge in [-0.3, -0.25) is 0 Å². The van der Waals surface area contributed by atoms with Gasteiger partial charge < -0.3 is 9.48 Å². The molecule has 1 aliphatic rings. The summed E-state index contributed by atoms with van der Waals surface area (Å²) in [5.41, 5.74) is 10.1. The number of nitrogens with zero attached hydrogens (tertiary/aromatic N) is 2. The van der Waals surface area contributed by atoms with Crippen LogP contribution in [0.2, 0.25) is 0 Å². The molecule has 0 N–H and O–H groups in total. The third kappa shape index (κ3) is 8.21. The largest absolute Gasteiger partial charge is 0.333 e. The SMILES string of the molecule is CC(C)(C)c1cc[c-]cc1.CC(C)c1cccc(C(C)C)c1N1[C-]=[N+](c2c(C(C)C)cccc2C(C)C)CC1.[Au]. The molecule has 3 aromatic carbocycles. The minimum atomic E-state index is 0. The van der Waals surface area contributed by atoms with Crippen LogP contribution >= 0.6 is 0 Å². The van der Waals surface area contributed by atoms with Crippen molar-refractivity contribution in [3.63, 3.8) is 0 Å². The van der Waals surface area contributed by atoms with Crippen LogP contribution in [0.15, 0.2) is 60.7 Å². The normalized spacial score (nSPS) is 13.5. The number of benzene rings is 3. The Bertz CT molecular complexity index is 1190. The summed E-state index contributed by atoms with van der Waals surface area (Å²) in [6.07, 6.45) is 3.77. The van der Waals surface area contributed by atoms with Gasteiger partial charge in [0.05, 0.1) is 0 Å². The van der Waals surface area contributed by atoms with Gasteiger partial charge >= 0.3 is 0 Å². The molecule has 3 aromatic rings. The first-order valence-electron chi connectivity index (χ1n) is 14.9. The Morgan fingerprint density at radius 3 is 1.48 bits per heavy atom. The summed E-state index contributed by atoms with van der Waals surface area (Å²) in [5, 5.41) is 0. The predicted molar refractivity (Wildman–Crippen MR) is 170 cm³/mol. The second-order valence-electron chi connectivity index (χ2n) is 13.1. The average Bonchev–Trinajstić information content (AvgIpc) is 3.37. The number of para-hydroxylation sites is 2. The molecule has 4 rings (SSSR count). The van der Waals surface area contributed by atoms with Crippen LogP contribution in [-0.2, 0) is 27.8 Å². The molecule has 0 fully saturated rings. The molecule has 0 saturated carbocycles. The molecule has 0 amide bonds. The van der Waals surface area contributed by atoms with E-state index in [9.17, 15) is 0 Å². The number of hydrogen-bond donors (Lipinski definition) is 0. The van der Waals surface area contributed by atoms with Gasteiger partial charge in [0.25, 0.3) is 0 Å². The Morgan fingerprint density at radius 2 is 1.10 bits per heavy atom. The Kier molecular flexibility index (Phi) is 12.5. The molecule has 2 nitrogen and oxygen atoms in total. The summed E-state index contributed by atoms with van der Waals surface area (Å²) >= 11 is 0. The molecular weight excluding hydrogens is 669 g/mol. The maximum atomic E-state index is 3.77. The monoisotopic (exact) mass is 720 g/mol. The molecule has 0 aromatic heterocycles. The zero-order valence-electron chi connectivity index (χ0n) is 26.7. The van der Waals surface area contributed by atoms with Gasteiger partial charge in [-0.2, -0.15) is 35.9 Å². The molecule has 0 atom stereocenters. The van der Waals surface area contributed by atoms with E-state index in [4.69, 9.17) is 0 Å². The van der Waals surface area contributed by atoms with Crippen LogP contribution in [0, 0.1) is 6.07 Å². The fourth-order valence-electron chi connectivity index (χ4n) is 5.30. The van der Waals surface area contributed by atoms with Crippen LogP contribution < -0.4 is 4.90 Å². The Morgan fingerprint density at radius 1 is 0.675 bits per heavy atom. The van der Waals surface area contributed by atoms with Crippen molar-refractivity contribution in [2.45, 2.75) is 105 Å². The van der Waals surface area contributed by atoms with Crippen LogP contribution in [0.3, 0.4) is 0 Å². The van der Waals surface area contributed by atoms with Gasteiger partial charge in [0.15, 0.2) is 0 Å². The Balaban J connectivity index is 0.000000431. The average molecular weight is 721 g/mol. The molecule has 1 heterocycles. The maximum absolute atomic E-state index is 3.77. The molecule has 40 heavy (non-hydrogen) atoms.